The van der Waals surface area contributed by atoms with Crippen LogP contribution in [0.3, 0.4) is 0 Å². The third kappa shape index (κ3) is 5.61. The molecule has 0 heterocycles. The summed E-state index contributed by atoms with van der Waals surface area (Å²) < 4.78 is 0. The molecule has 0 spiro atoms. The van der Waals surface area contributed by atoms with Crippen LogP contribution in [0.25, 0.3) is 0 Å². The van der Waals surface area contributed by atoms with Crippen molar-refractivity contribution in [1.29, 1.82) is 0 Å². The molecule has 0 radical (unpaired) electrons. The van der Waals surface area contributed by atoms with Gasteiger partial charge in [-0.05, 0) is 33.1 Å². The summed E-state index contributed by atoms with van der Waals surface area (Å²) in [5.74, 6) is 0. The van der Waals surface area contributed by atoms with Crippen LogP contribution in [0.2, 0.25) is 0 Å². The molecule has 0 heteroatoms. The Balaban J connectivity index is 3.38. The highest BCUT2D eigenvalue weighted by Crippen LogP contribution is 2.04. The second kappa shape index (κ2) is 6.60. The fourth-order valence-corrected chi connectivity index (χ4v) is 0.928. The molecule has 0 aliphatic rings. The van der Waals surface area contributed by atoms with Crippen LogP contribution in [-0.4, -0.2) is 0 Å². The molecule has 0 N–H and O–H groups in total. The standard InChI is InChI=1S/C10H18/c1-4-6-7-9-10(3)8-5-2/h4,6,8H,5,7,9H2,1-3H3/b6-4-,10-8+. The summed E-state index contributed by atoms with van der Waals surface area (Å²) in [5, 5.41) is 0. The Kier molecular flexibility index (Phi) is 6.25. The van der Waals surface area contributed by atoms with Crippen molar-refractivity contribution in [2.24, 2.45) is 0 Å². The van der Waals surface area contributed by atoms with Crippen LogP contribution in [0.4, 0.5) is 0 Å². The quantitative estimate of drug-likeness (QED) is 0.520. The van der Waals surface area contributed by atoms with Crippen LogP contribution in [0.15, 0.2) is 23.8 Å². The Labute approximate surface area is 64.6 Å². The molecule has 0 aliphatic heterocycles. The third-order valence-electron chi connectivity index (χ3n) is 1.49. The van der Waals surface area contributed by atoms with Crippen LogP contribution in [0.5, 0.6) is 0 Å². The van der Waals surface area contributed by atoms with E-state index in [1.54, 1.807) is 0 Å². The van der Waals surface area contributed by atoms with E-state index < -0.39 is 0 Å². The molecule has 0 aliphatic carbocycles. The van der Waals surface area contributed by atoms with Crippen molar-refractivity contribution >= 4 is 0 Å². The third-order valence-corrected chi connectivity index (χ3v) is 1.49. The summed E-state index contributed by atoms with van der Waals surface area (Å²) in [6.07, 6.45) is 10.2. The zero-order chi connectivity index (χ0) is 7.82. The average molecular weight is 138 g/mol. The summed E-state index contributed by atoms with van der Waals surface area (Å²) in [4.78, 5) is 0. The molecule has 58 valence electrons. The van der Waals surface area contributed by atoms with Crippen LogP contribution in [0.1, 0.15) is 40.0 Å². The maximum Gasteiger partial charge on any atom is -0.0288 e. The number of allylic oxidation sites excluding steroid dienone is 4. The lowest BCUT2D eigenvalue weighted by Crippen LogP contribution is -1.74. The minimum atomic E-state index is 1.17. The van der Waals surface area contributed by atoms with Crippen LogP contribution in [-0.2, 0) is 0 Å². The molecule has 0 saturated heterocycles. The maximum atomic E-state index is 2.30. The summed E-state index contributed by atoms with van der Waals surface area (Å²) in [6, 6.07) is 0. The van der Waals surface area contributed by atoms with Crippen molar-refractivity contribution < 1.29 is 0 Å². The smallest absolute Gasteiger partial charge is 0.0288 e. The van der Waals surface area contributed by atoms with Crippen molar-refractivity contribution in [3.05, 3.63) is 23.8 Å². The molecule has 0 fully saturated rings. The van der Waals surface area contributed by atoms with Gasteiger partial charge in [0.25, 0.3) is 0 Å². The highest BCUT2D eigenvalue weighted by Gasteiger charge is 1.84. The number of hydrogen-bond donors (Lipinski definition) is 0. The molecular weight excluding hydrogens is 120 g/mol. The van der Waals surface area contributed by atoms with Gasteiger partial charge >= 0.3 is 0 Å². The lowest BCUT2D eigenvalue weighted by molar-refractivity contribution is 0.960. The Bertz CT molecular complexity index is 118. The van der Waals surface area contributed by atoms with Gasteiger partial charge in [-0.3, -0.25) is 0 Å². The monoisotopic (exact) mass is 138 g/mol. The molecule has 0 unspecified atom stereocenters. The van der Waals surface area contributed by atoms with E-state index in [9.17, 15) is 0 Å². The van der Waals surface area contributed by atoms with Crippen LogP contribution < -0.4 is 0 Å². The van der Waals surface area contributed by atoms with E-state index in [0.717, 1.165) is 0 Å². The van der Waals surface area contributed by atoms with Gasteiger partial charge in [0.2, 0.25) is 0 Å². The molecule has 10 heavy (non-hydrogen) atoms. The first kappa shape index (κ1) is 9.48. The van der Waals surface area contributed by atoms with Crippen molar-refractivity contribution in [1.82, 2.24) is 0 Å². The van der Waals surface area contributed by atoms with Gasteiger partial charge in [-0.1, -0.05) is 30.7 Å². The highest BCUT2D eigenvalue weighted by molar-refractivity contribution is 4.98. The minimum absolute atomic E-state index is 1.17. The van der Waals surface area contributed by atoms with Gasteiger partial charge in [-0.2, -0.15) is 0 Å². The van der Waals surface area contributed by atoms with E-state index >= 15 is 0 Å². The lowest BCUT2D eigenvalue weighted by Gasteiger charge is -1.94. The first-order valence-electron chi connectivity index (χ1n) is 4.08. The van der Waals surface area contributed by atoms with Crippen LogP contribution in [0, 0.1) is 0 Å². The summed E-state index contributed by atoms with van der Waals surface area (Å²) in [5.41, 5.74) is 1.51. The Morgan fingerprint density at radius 1 is 1.40 bits per heavy atom. The molecule has 0 rings (SSSR count). The van der Waals surface area contributed by atoms with Gasteiger partial charge in [0.15, 0.2) is 0 Å². The predicted molar refractivity (Wildman–Crippen MR) is 48.1 cm³/mol. The topological polar surface area (TPSA) is 0 Å². The van der Waals surface area contributed by atoms with Gasteiger partial charge in [-0.25, -0.2) is 0 Å². The molecule has 0 bridgehead atoms. The highest BCUT2D eigenvalue weighted by atomic mass is 13.9. The van der Waals surface area contributed by atoms with Crippen molar-refractivity contribution in [3.8, 4) is 0 Å². The number of hydrogen-bond acceptors (Lipinski definition) is 0. The second-order valence-corrected chi connectivity index (χ2v) is 2.57. The van der Waals surface area contributed by atoms with E-state index in [4.69, 9.17) is 0 Å². The molecule has 0 nitrogen and oxygen atoms in total. The molecular formula is C10H18. The fourth-order valence-electron chi connectivity index (χ4n) is 0.928. The van der Waals surface area contributed by atoms with Crippen LogP contribution >= 0.6 is 0 Å². The Morgan fingerprint density at radius 2 is 2.10 bits per heavy atom. The summed E-state index contributed by atoms with van der Waals surface area (Å²) >= 11 is 0. The predicted octanol–water partition coefficient (Wildman–Crippen LogP) is 3.70. The van der Waals surface area contributed by atoms with Gasteiger partial charge < -0.3 is 0 Å². The molecule has 0 saturated carbocycles. The SMILES string of the molecule is C/C=C\CC/C(C)=C/CC. The molecule has 0 amide bonds. The average Bonchev–Trinajstić information content (AvgIpc) is 1.89. The lowest BCUT2D eigenvalue weighted by atomic mass is 10.1. The van der Waals surface area contributed by atoms with E-state index in [1.165, 1.54) is 24.8 Å². The summed E-state index contributed by atoms with van der Waals surface area (Å²) in [7, 11) is 0. The van der Waals surface area contributed by atoms with Gasteiger partial charge in [0, 0.05) is 0 Å². The largest absolute Gasteiger partial charge is 0.0917 e. The zero-order valence-corrected chi connectivity index (χ0v) is 7.35. The summed E-state index contributed by atoms with van der Waals surface area (Å²) in [6.45, 7) is 6.45. The van der Waals surface area contributed by atoms with Gasteiger partial charge in [0.1, 0.15) is 0 Å². The van der Waals surface area contributed by atoms with Gasteiger partial charge in [-0.15, -0.1) is 0 Å². The van der Waals surface area contributed by atoms with E-state index in [1.807, 2.05) is 0 Å². The first-order chi connectivity index (χ1) is 4.81. The Hall–Kier alpha value is -0.520. The van der Waals surface area contributed by atoms with E-state index in [2.05, 4.69) is 39.0 Å². The molecule has 0 aromatic rings. The first-order valence-corrected chi connectivity index (χ1v) is 4.08. The Morgan fingerprint density at radius 3 is 2.60 bits per heavy atom. The molecule has 0 aromatic heterocycles. The second-order valence-electron chi connectivity index (χ2n) is 2.57. The van der Waals surface area contributed by atoms with Crippen molar-refractivity contribution in [2.45, 2.75) is 40.0 Å². The molecule has 0 aromatic carbocycles. The van der Waals surface area contributed by atoms with Crippen molar-refractivity contribution in [3.63, 3.8) is 0 Å². The zero-order valence-electron chi connectivity index (χ0n) is 7.35. The van der Waals surface area contributed by atoms with E-state index in [-0.39, 0.29) is 0 Å². The fraction of sp³-hybridized carbons (Fsp3) is 0.600. The maximum absolute atomic E-state index is 2.30. The molecule has 0 atom stereocenters. The minimum Gasteiger partial charge on any atom is -0.0917 e. The normalized spacial score (nSPS) is 12.9. The van der Waals surface area contributed by atoms with Crippen molar-refractivity contribution in [2.75, 3.05) is 0 Å². The van der Waals surface area contributed by atoms with E-state index in [0.29, 0.717) is 0 Å². The number of rotatable bonds is 4. The van der Waals surface area contributed by atoms with Gasteiger partial charge in [0.05, 0.1) is 0 Å².